The van der Waals surface area contributed by atoms with Crippen molar-refractivity contribution in [3.63, 3.8) is 0 Å². The number of hydrogen-bond donors (Lipinski definition) is 3. The van der Waals surface area contributed by atoms with Gasteiger partial charge < -0.3 is 15.7 Å². The standard InChI is InChI=1S/C10H13ClN2O.C10H11ClN2O/c2*11-10-3-9(8(6-14)5-13-10)12-4-7-1-2-7/h3,5,7,14H,1-2,4,6H2,(H,12,13);3,5-7H,1-2,4H2,(H,12,13). The maximum atomic E-state index is 10.7. The Morgan fingerprint density at radius 3 is 2.04 bits per heavy atom. The van der Waals surface area contributed by atoms with Crippen LogP contribution in [0.2, 0.25) is 10.3 Å². The number of aromatic nitrogens is 2. The van der Waals surface area contributed by atoms with Gasteiger partial charge in [-0.2, -0.15) is 0 Å². The highest BCUT2D eigenvalue weighted by Crippen LogP contribution is 2.30. The lowest BCUT2D eigenvalue weighted by molar-refractivity contribution is 0.112. The summed E-state index contributed by atoms with van der Waals surface area (Å²) in [5, 5.41) is 16.4. The van der Waals surface area contributed by atoms with E-state index in [-0.39, 0.29) is 6.61 Å². The Bertz CT molecular complexity index is 811. The number of anilines is 2. The molecule has 2 saturated carbocycles. The van der Waals surface area contributed by atoms with E-state index in [0.29, 0.717) is 15.9 Å². The van der Waals surface area contributed by atoms with Crippen LogP contribution in [-0.2, 0) is 6.61 Å². The van der Waals surface area contributed by atoms with Crippen LogP contribution in [0.4, 0.5) is 11.4 Å². The second-order valence-corrected chi connectivity index (χ2v) is 7.96. The molecule has 2 aromatic heterocycles. The average Bonchev–Trinajstić information content (AvgIpc) is 3.60. The summed E-state index contributed by atoms with van der Waals surface area (Å²) in [6.45, 7) is 1.88. The summed E-state index contributed by atoms with van der Waals surface area (Å²) in [6.07, 6.45) is 9.06. The van der Waals surface area contributed by atoms with E-state index in [4.69, 9.17) is 28.3 Å². The van der Waals surface area contributed by atoms with Crippen LogP contribution < -0.4 is 10.6 Å². The van der Waals surface area contributed by atoms with Crippen molar-refractivity contribution in [3.8, 4) is 0 Å². The van der Waals surface area contributed by atoms with E-state index in [1.807, 2.05) is 0 Å². The SMILES string of the molecule is O=Cc1cnc(Cl)cc1NCC1CC1.OCc1cnc(Cl)cc1NCC1CC1. The van der Waals surface area contributed by atoms with E-state index in [1.54, 1.807) is 18.3 Å². The van der Waals surface area contributed by atoms with Gasteiger partial charge in [0.2, 0.25) is 0 Å². The van der Waals surface area contributed by atoms with Crippen molar-refractivity contribution in [1.29, 1.82) is 0 Å². The summed E-state index contributed by atoms with van der Waals surface area (Å²) < 4.78 is 0. The van der Waals surface area contributed by atoms with Gasteiger partial charge in [-0.25, -0.2) is 9.97 Å². The minimum Gasteiger partial charge on any atom is -0.392 e. The number of aliphatic hydroxyl groups excluding tert-OH is 1. The Labute approximate surface area is 174 Å². The second-order valence-electron chi connectivity index (χ2n) is 7.18. The molecular weight excluding hydrogens is 399 g/mol. The largest absolute Gasteiger partial charge is 0.392 e. The molecule has 2 aliphatic carbocycles. The van der Waals surface area contributed by atoms with Crippen LogP contribution in [0.3, 0.4) is 0 Å². The first-order valence-corrected chi connectivity index (χ1v) is 10.2. The Balaban J connectivity index is 0.000000161. The third-order valence-electron chi connectivity index (χ3n) is 4.71. The Morgan fingerprint density at radius 2 is 1.50 bits per heavy atom. The topological polar surface area (TPSA) is 87.1 Å². The van der Waals surface area contributed by atoms with Gasteiger partial charge >= 0.3 is 0 Å². The molecule has 2 heterocycles. The number of hydrogen-bond acceptors (Lipinski definition) is 6. The van der Waals surface area contributed by atoms with E-state index in [9.17, 15) is 4.79 Å². The van der Waals surface area contributed by atoms with Crippen LogP contribution in [0.25, 0.3) is 0 Å². The van der Waals surface area contributed by atoms with E-state index < -0.39 is 0 Å². The van der Waals surface area contributed by atoms with Crippen LogP contribution in [0.1, 0.15) is 41.6 Å². The predicted octanol–water partition coefficient (Wildman–Crippen LogP) is 4.42. The lowest BCUT2D eigenvalue weighted by atomic mass is 10.2. The Hall–Kier alpha value is -1.89. The number of nitrogens with zero attached hydrogens (tertiary/aromatic N) is 2. The van der Waals surface area contributed by atoms with E-state index in [2.05, 4.69) is 20.6 Å². The molecule has 150 valence electrons. The van der Waals surface area contributed by atoms with E-state index >= 15 is 0 Å². The number of carbonyl (C=O) groups excluding carboxylic acids is 1. The van der Waals surface area contributed by atoms with E-state index in [0.717, 1.165) is 48.1 Å². The van der Waals surface area contributed by atoms with Gasteiger partial charge in [-0.1, -0.05) is 23.2 Å². The summed E-state index contributed by atoms with van der Waals surface area (Å²) in [5.74, 6) is 1.56. The van der Waals surface area contributed by atoms with Gasteiger partial charge in [0.1, 0.15) is 10.3 Å². The van der Waals surface area contributed by atoms with E-state index in [1.165, 1.54) is 31.9 Å². The first-order chi connectivity index (χ1) is 13.6. The molecule has 0 atom stereocenters. The first kappa shape index (κ1) is 20.8. The average molecular weight is 423 g/mol. The summed E-state index contributed by atoms with van der Waals surface area (Å²) in [6, 6.07) is 3.45. The molecule has 0 spiro atoms. The molecule has 2 aromatic rings. The highest BCUT2D eigenvalue weighted by Gasteiger charge is 2.21. The summed E-state index contributed by atoms with van der Waals surface area (Å²) in [5.41, 5.74) is 3.05. The Morgan fingerprint density at radius 1 is 0.964 bits per heavy atom. The van der Waals surface area contributed by atoms with Crippen molar-refractivity contribution in [2.24, 2.45) is 11.8 Å². The third-order valence-corrected chi connectivity index (χ3v) is 5.12. The lowest BCUT2D eigenvalue weighted by Gasteiger charge is -2.09. The molecule has 0 unspecified atom stereocenters. The van der Waals surface area contributed by atoms with Gasteiger partial charge in [0.05, 0.1) is 12.2 Å². The summed E-state index contributed by atoms with van der Waals surface area (Å²) >= 11 is 11.5. The molecule has 4 rings (SSSR count). The molecule has 8 heteroatoms. The van der Waals surface area contributed by atoms with Gasteiger partial charge in [-0.05, 0) is 49.7 Å². The van der Waals surface area contributed by atoms with Crippen molar-refractivity contribution in [2.75, 3.05) is 23.7 Å². The zero-order valence-electron chi connectivity index (χ0n) is 15.5. The molecule has 0 aliphatic heterocycles. The number of nitrogens with one attached hydrogen (secondary N) is 2. The fourth-order valence-electron chi connectivity index (χ4n) is 2.59. The fourth-order valence-corrected chi connectivity index (χ4v) is 2.90. The molecule has 0 bridgehead atoms. The molecule has 0 radical (unpaired) electrons. The van der Waals surface area contributed by atoms with Crippen LogP contribution >= 0.6 is 23.2 Å². The molecule has 0 amide bonds. The number of carbonyl (C=O) groups is 1. The molecule has 0 saturated heterocycles. The summed E-state index contributed by atoms with van der Waals surface area (Å²) in [4.78, 5) is 18.4. The van der Waals surface area contributed by atoms with Crippen LogP contribution in [0.15, 0.2) is 24.5 Å². The van der Waals surface area contributed by atoms with Crippen molar-refractivity contribution in [3.05, 3.63) is 46.0 Å². The van der Waals surface area contributed by atoms with Crippen LogP contribution in [0, 0.1) is 11.8 Å². The van der Waals surface area contributed by atoms with Crippen molar-refractivity contribution in [2.45, 2.75) is 32.3 Å². The molecular formula is C20H24Cl2N4O2. The van der Waals surface area contributed by atoms with Crippen molar-refractivity contribution in [1.82, 2.24) is 9.97 Å². The number of pyridine rings is 2. The zero-order valence-corrected chi connectivity index (χ0v) is 17.0. The Kier molecular flexibility index (Phi) is 7.48. The van der Waals surface area contributed by atoms with Crippen LogP contribution in [0.5, 0.6) is 0 Å². The van der Waals surface area contributed by atoms with Crippen molar-refractivity contribution < 1.29 is 9.90 Å². The maximum Gasteiger partial charge on any atom is 0.153 e. The number of aliphatic hydroxyl groups is 1. The smallest absolute Gasteiger partial charge is 0.153 e. The fraction of sp³-hybridized carbons (Fsp3) is 0.450. The van der Waals surface area contributed by atoms with Crippen LogP contribution in [-0.4, -0.2) is 34.5 Å². The van der Waals surface area contributed by atoms with Gasteiger partial charge in [0.15, 0.2) is 6.29 Å². The minimum atomic E-state index is -0.00281. The molecule has 28 heavy (non-hydrogen) atoms. The maximum absolute atomic E-state index is 10.7. The van der Waals surface area contributed by atoms with Gasteiger partial charge in [-0.15, -0.1) is 0 Å². The molecule has 6 nitrogen and oxygen atoms in total. The predicted molar refractivity (Wildman–Crippen MR) is 112 cm³/mol. The highest BCUT2D eigenvalue weighted by atomic mass is 35.5. The number of aldehydes is 1. The second kappa shape index (κ2) is 10.0. The van der Waals surface area contributed by atoms with Gasteiger partial charge in [-0.3, -0.25) is 4.79 Å². The van der Waals surface area contributed by atoms with Gasteiger partial charge in [0, 0.05) is 42.4 Å². The monoisotopic (exact) mass is 422 g/mol. The van der Waals surface area contributed by atoms with Gasteiger partial charge in [0.25, 0.3) is 0 Å². The first-order valence-electron chi connectivity index (χ1n) is 9.42. The quantitative estimate of drug-likeness (QED) is 0.431. The lowest BCUT2D eigenvalue weighted by Crippen LogP contribution is -2.06. The molecule has 2 aliphatic rings. The number of rotatable bonds is 8. The van der Waals surface area contributed by atoms with Crippen molar-refractivity contribution >= 4 is 40.9 Å². The molecule has 0 aromatic carbocycles. The summed E-state index contributed by atoms with van der Waals surface area (Å²) in [7, 11) is 0. The normalized spacial score (nSPS) is 15.4. The third kappa shape index (κ3) is 6.62. The molecule has 2 fully saturated rings. The highest BCUT2D eigenvalue weighted by molar-refractivity contribution is 6.30. The number of halogens is 2. The minimum absolute atomic E-state index is 0.00281. The zero-order chi connectivity index (χ0) is 19.9. The molecule has 3 N–H and O–H groups in total.